The molecule has 2 amide bonds. The van der Waals surface area contributed by atoms with Crippen LogP contribution < -0.4 is 21.7 Å². The highest BCUT2D eigenvalue weighted by Crippen LogP contribution is 2.35. The average molecular weight is 606 g/mol. The van der Waals surface area contributed by atoms with Crippen LogP contribution in [0.3, 0.4) is 0 Å². The van der Waals surface area contributed by atoms with Crippen LogP contribution in [0.4, 0.5) is 21.9 Å². The number of nitrogens with two attached hydrogens (primary N) is 1. The minimum absolute atomic E-state index is 0.0500. The number of anilines is 4. The first-order chi connectivity index (χ1) is 17.9. The summed E-state index contributed by atoms with van der Waals surface area (Å²) < 4.78 is 7.94. The number of carbonyl (C=O) groups excluding carboxylic acids is 2. The number of aromatic nitrogens is 6. The summed E-state index contributed by atoms with van der Waals surface area (Å²) in [5.74, 6) is 2.43. The third-order valence-corrected chi connectivity index (χ3v) is 8.39. The maximum atomic E-state index is 11.8. The predicted molar refractivity (Wildman–Crippen MR) is 144 cm³/mol. The molecule has 5 heterocycles. The summed E-state index contributed by atoms with van der Waals surface area (Å²) in [6, 6.07) is 1.84. The number of amides is 2. The lowest BCUT2D eigenvalue weighted by Crippen LogP contribution is -2.12. The number of carbonyl (C=O) groups is 2. The molecule has 37 heavy (non-hydrogen) atoms. The van der Waals surface area contributed by atoms with E-state index in [0.29, 0.717) is 39.7 Å². The Bertz CT molecular complexity index is 1590. The number of hydrogen-bond acceptors (Lipinski definition) is 11. The number of nitrogens with one attached hydrogen (secondary N) is 5. The summed E-state index contributed by atoms with van der Waals surface area (Å²) in [6.07, 6.45) is 5.54. The van der Waals surface area contributed by atoms with Crippen molar-refractivity contribution in [3.8, 4) is 0 Å². The van der Waals surface area contributed by atoms with E-state index in [4.69, 9.17) is 10.2 Å². The van der Waals surface area contributed by atoms with Gasteiger partial charge in [0, 0.05) is 11.8 Å². The Morgan fingerprint density at radius 2 is 1.70 bits per heavy atom. The number of nitrogen functional groups attached to an aromatic ring is 1. The van der Waals surface area contributed by atoms with Gasteiger partial charge in [0.15, 0.2) is 27.4 Å². The summed E-state index contributed by atoms with van der Waals surface area (Å²) in [4.78, 5) is 31.7. The Morgan fingerprint density at radius 3 is 2.32 bits per heavy atom. The van der Waals surface area contributed by atoms with E-state index in [1.54, 1.807) is 6.26 Å². The standard InChI is InChI=1S/C13H12BrN5O2S.C8H9N5OS/c14-7-3-4-21-8(7)5-15-10-9-11(19-18-10)16-13(22-9)17-12(20)6-1-2-6;9-5-4-6(13-12-5)10-8(15-4)11-7(14)3-1-2-3/h3-4,6H,1-2,5H2,(H3,15,16,17,18,19,20);3H,1-2H2,(H4,9,10,11,12,13,14). The first-order valence-corrected chi connectivity index (χ1v) is 13.9. The molecule has 0 atom stereocenters. The van der Waals surface area contributed by atoms with Crippen molar-refractivity contribution in [1.82, 2.24) is 30.4 Å². The van der Waals surface area contributed by atoms with Crippen LogP contribution in [0.5, 0.6) is 0 Å². The number of hydrogen-bond donors (Lipinski definition) is 6. The molecule has 5 aromatic rings. The molecule has 2 aliphatic carbocycles. The zero-order valence-electron chi connectivity index (χ0n) is 19.1. The zero-order chi connectivity index (χ0) is 25.5. The van der Waals surface area contributed by atoms with Crippen LogP contribution in [0.2, 0.25) is 0 Å². The van der Waals surface area contributed by atoms with Crippen LogP contribution in [-0.2, 0) is 16.1 Å². The highest BCUT2D eigenvalue weighted by atomic mass is 79.9. The molecule has 0 bridgehead atoms. The van der Waals surface area contributed by atoms with Crippen LogP contribution in [0.1, 0.15) is 31.4 Å². The van der Waals surface area contributed by atoms with E-state index in [1.807, 2.05) is 6.07 Å². The molecule has 0 aliphatic heterocycles. The van der Waals surface area contributed by atoms with Gasteiger partial charge in [-0.2, -0.15) is 15.2 Å². The van der Waals surface area contributed by atoms with Crippen LogP contribution in [0.15, 0.2) is 21.2 Å². The van der Waals surface area contributed by atoms with E-state index in [9.17, 15) is 9.59 Å². The molecule has 16 heteroatoms. The minimum atomic E-state index is 0.0500. The zero-order valence-corrected chi connectivity index (χ0v) is 22.3. The summed E-state index contributed by atoms with van der Waals surface area (Å²) in [7, 11) is 0. The molecule has 5 aromatic heterocycles. The second-order valence-corrected chi connectivity index (χ2v) is 11.5. The van der Waals surface area contributed by atoms with E-state index in [1.165, 1.54) is 22.7 Å². The lowest BCUT2D eigenvalue weighted by atomic mass is 10.4. The lowest BCUT2D eigenvalue weighted by Gasteiger charge is -2.00. The molecular weight excluding hydrogens is 584 g/mol. The smallest absolute Gasteiger partial charge is 0.229 e. The minimum Gasteiger partial charge on any atom is -0.466 e. The monoisotopic (exact) mass is 604 g/mol. The van der Waals surface area contributed by atoms with Crippen molar-refractivity contribution in [2.24, 2.45) is 11.8 Å². The quantitative estimate of drug-likeness (QED) is 0.157. The highest BCUT2D eigenvalue weighted by molar-refractivity contribution is 9.10. The molecule has 0 saturated heterocycles. The van der Waals surface area contributed by atoms with Crippen LogP contribution >= 0.6 is 38.6 Å². The van der Waals surface area contributed by atoms with Gasteiger partial charge in [0.25, 0.3) is 0 Å². The average Bonchev–Trinajstić information content (AvgIpc) is 3.71. The molecule has 0 aromatic carbocycles. The van der Waals surface area contributed by atoms with Gasteiger partial charge in [0.05, 0.1) is 17.3 Å². The molecule has 2 saturated carbocycles. The summed E-state index contributed by atoms with van der Waals surface area (Å²) >= 11 is 6.16. The topological polar surface area (TPSA) is 193 Å². The first-order valence-electron chi connectivity index (χ1n) is 11.5. The number of aromatic amines is 2. The number of fused-ring (bicyclic) bond motifs is 2. The van der Waals surface area contributed by atoms with Gasteiger partial charge >= 0.3 is 0 Å². The SMILES string of the molecule is Nc1[nH]nc2nc(NC(=O)C3CC3)sc12.O=C(Nc1nc2[nH]nc(NCc3occc3Br)c2s1)C1CC1. The highest BCUT2D eigenvalue weighted by Gasteiger charge is 2.31. The molecule has 0 unspecified atom stereocenters. The molecule has 2 fully saturated rings. The Kier molecular flexibility index (Phi) is 6.29. The van der Waals surface area contributed by atoms with E-state index >= 15 is 0 Å². The largest absolute Gasteiger partial charge is 0.466 e. The molecule has 7 N–H and O–H groups in total. The van der Waals surface area contributed by atoms with Gasteiger partial charge in [-0.05, 0) is 47.7 Å². The fraction of sp³-hybridized carbons (Fsp3) is 0.333. The third kappa shape index (κ3) is 5.30. The van der Waals surface area contributed by atoms with E-state index in [2.05, 4.69) is 62.2 Å². The third-order valence-electron chi connectivity index (χ3n) is 5.72. The fourth-order valence-electron chi connectivity index (χ4n) is 3.39. The Balaban J connectivity index is 0.000000146. The van der Waals surface area contributed by atoms with Gasteiger partial charge < -0.3 is 26.1 Å². The van der Waals surface area contributed by atoms with Crippen molar-refractivity contribution in [3.05, 3.63) is 22.6 Å². The summed E-state index contributed by atoms with van der Waals surface area (Å²) in [5, 5.41) is 23.6. The maximum Gasteiger partial charge on any atom is 0.229 e. The van der Waals surface area contributed by atoms with Gasteiger partial charge in [-0.25, -0.2) is 4.98 Å². The lowest BCUT2D eigenvalue weighted by molar-refractivity contribution is -0.118. The van der Waals surface area contributed by atoms with Crippen molar-refractivity contribution in [1.29, 1.82) is 0 Å². The molecule has 0 spiro atoms. The van der Waals surface area contributed by atoms with Crippen LogP contribution in [0, 0.1) is 11.8 Å². The van der Waals surface area contributed by atoms with Crippen LogP contribution in [-0.4, -0.2) is 42.2 Å². The number of nitrogens with zero attached hydrogens (tertiary/aromatic N) is 4. The van der Waals surface area contributed by atoms with Crippen molar-refractivity contribution >= 4 is 93.0 Å². The summed E-state index contributed by atoms with van der Waals surface area (Å²) in [5.41, 5.74) is 6.86. The molecule has 0 radical (unpaired) electrons. The van der Waals surface area contributed by atoms with Crippen LogP contribution in [0.25, 0.3) is 20.7 Å². The first kappa shape index (κ1) is 23.9. The Labute approximate surface area is 225 Å². The molecular formula is C21H21BrN10O3S2. The summed E-state index contributed by atoms with van der Waals surface area (Å²) in [6.45, 7) is 0.509. The van der Waals surface area contributed by atoms with E-state index < -0.39 is 0 Å². The molecule has 2 aliphatic rings. The Morgan fingerprint density at radius 1 is 1.03 bits per heavy atom. The van der Waals surface area contributed by atoms with Crippen molar-refractivity contribution < 1.29 is 14.0 Å². The Hall–Kier alpha value is -3.50. The number of H-pyrrole nitrogens is 2. The van der Waals surface area contributed by atoms with E-state index in [-0.39, 0.29) is 23.7 Å². The van der Waals surface area contributed by atoms with Gasteiger partial charge in [-0.15, -0.1) is 0 Å². The second kappa shape index (κ2) is 9.75. The molecule has 192 valence electrons. The number of rotatable bonds is 7. The van der Waals surface area contributed by atoms with E-state index in [0.717, 1.165) is 45.3 Å². The van der Waals surface area contributed by atoms with Gasteiger partial charge in [0.2, 0.25) is 11.8 Å². The fourth-order valence-corrected chi connectivity index (χ4v) is 5.43. The number of halogens is 1. The number of thiazole rings is 2. The maximum absolute atomic E-state index is 11.8. The predicted octanol–water partition coefficient (Wildman–Crippen LogP) is 4.29. The normalized spacial score (nSPS) is 14.9. The van der Waals surface area contributed by atoms with Crippen molar-refractivity contribution in [3.63, 3.8) is 0 Å². The second-order valence-electron chi connectivity index (χ2n) is 8.65. The van der Waals surface area contributed by atoms with Gasteiger partial charge in [-0.3, -0.25) is 19.8 Å². The molecule has 13 nitrogen and oxygen atoms in total. The number of furan rings is 1. The van der Waals surface area contributed by atoms with Gasteiger partial charge in [-0.1, -0.05) is 22.7 Å². The molecule has 7 rings (SSSR count). The van der Waals surface area contributed by atoms with Gasteiger partial charge in [0.1, 0.15) is 21.0 Å². The van der Waals surface area contributed by atoms with Crippen molar-refractivity contribution in [2.75, 3.05) is 21.7 Å². The van der Waals surface area contributed by atoms with Crippen molar-refractivity contribution in [2.45, 2.75) is 32.2 Å².